The number of ether oxygens (including phenoxy) is 2. The van der Waals surface area contributed by atoms with Gasteiger partial charge in [0.1, 0.15) is 0 Å². The topological polar surface area (TPSA) is 52.6 Å². The van der Waals surface area contributed by atoms with Crippen molar-refractivity contribution in [2.75, 3.05) is 6.61 Å². The monoisotopic (exact) mass is 262 g/mol. The van der Waals surface area contributed by atoms with Crippen LogP contribution in [-0.4, -0.2) is 24.6 Å². The van der Waals surface area contributed by atoms with Crippen LogP contribution in [0.4, 0.5) is 0 Å². The zero-order valence-electron chi connectivity index (χ0n) is 11.0. The molecule has 0 fully saturated rings. The molecule has 1 aromatic rings. The molecule has 0 heterocycles. The van der Waals surface area contributed by atoms with E-state index in [4.69, 9.17) is 9.47 Å². The third-order valence-corrected chi connectivity index (χ3v) is 2.40. The smallest absolute Gasteiger partial charge is 0.347 e. The van der Waals surface area contributed by atoms with Crippen molar-refractivity contribution in [3.8, 4) is 0 Å². The highest BCUT2D eigenvalue weighted by molar-refractivity contribution is 5.80. The van der Waals surface area contributed by atoms with Crippen molar-refractivity contribution in [1.82, 2.24) is 0 Å². The highest BCUT2D eigenvalue weighted by atomic mass is 16.6. The van der Waals surface area contributed by atoms with E-state index in [1.54, 1.807) is 6.92 Å². The van der Waals surface area contributed by atoms with Crippen molar-refractivity contribution < 1.29 is 19.1 Å². The number of carbonyl (C=O) groups excluding carboxylic acids is 2. The molecular weight excluding hydrogens is 244 g/mol. The van der Waals surface area contributed by atoms with E-state index in [2.05, 4.69) is 6.58 Å². The fraction of sp³-hybridized carbons (Fsp3) is 0.333. The summed E-state index contributed by atoms with van der Waals surface area (Å²) in [6.45, 7) is 5.49. The van der Waals surface area contributed by atoms with E-state index >= 15 is 0 Å². The Morgan fingerprint density at radius 1 is 1.32 bits per heavy atom. The summed E-state index contributed by atoms with van der Waals surface area (Å²) in [6.07, 6.45) is 0.999. The summed E-state index contributed by atoms with van der Waals surface area (Å²) in [5.74, 6) is -0.991. The van der Waals surface area contributed by atoms with Crippen LogP contribution < -0.4 is 0 Å². The Morgan fingerprint density at radius 2 is 2.00 bits per heavy atom. The molecular formula is C15H18O4. The summed E-state index contributed by atoms with van der Waals surface area (Å²) in [7, 11) is 0. The lowest BCUT2D eigenvalue weighted by molar-refractivity contribution is -0.167. The van der Waals surface area contributed by atoms with E-state index in [1.807, 2.05) is 30.3 Å². The molecule has 0 aliphatic heterocycles. The molecule has 1 unspecified atom stereocenters. The number of hydrogen-bond acceptors (Lipinski definition) is 4. The van der Waals surface area contributed by atoms with Crippen LogP contribution >= 0.6 is 0 Å². The minimum absolute atomic E-state index is 0.133. The summed E-state index contributed by atoms with van der Waals surface area (Å²) < 4.78 is 9.97. The highest BCUT2D eigenvalue weighted by Gasteiger charge is 2.22. The van der Waals surface area contributed by atoms with Crippen LogP contribution in [0.5, 0.6) is 0 Å². The molecule has 1 aromatic carbocycles. The van der Waals surface area contributed by atoms with E-state index in [1.165, 1.54) is 6.08 Å². The summed E-state index contributed by atoms with van der Waals surface area (Å²) in [4.78, 5) is 23.3. The lowest BCUT2D eigenvalue weighted by atomic mass is 10.1. The molecule has 1 atom stereocenters. The number of esters is 2. The van der Waals surface area contributed by atoms with E-state index < -0.39 is 18.0 Å². The predicted molar refractivity (Wildman–Crippen MR) is 71.5 cm³/mol. The van der Waals surface area contributed by atoms with Gasteiger partial charge in [0, 0.05) is 6.42 Å². The Morgan fingerprint density at radius 3 is 2.58 bits per heavy atom. The van der Waals surface area contributed by atoms with Gasteiger partial charge in [-0.25, -0.2) is 4.79 Å². The maximum atomic E-state index is 11.7. The second-order valence-corrected chi connectivity index (χ2v) is 3.92. The maximum Gasteiger partial charge on any atom is 0.347 e. The van der Waals surface area contributed by atoms with E-state index in [-0.39, 0.29) is 19.4 Å². The summed E-state index contributed by atoms with van der Waals surface area (Å²) >= 11 is 0. The lowest BCUT2D eigenvalue weighted by Crippen LogP contribution is -2.29. The summed E-state index contributed by atoms with van der Waals surface area (Å²) in [5, 5.41) is 0. The van der Waals surface area contributed by atoms with Gasteiger partial charge in [0.15, 0.2) is 0 Å². The number of hydrogen-bond donors (Lipinski definition) is 0. The summed E-state index contributed by atoms with van der Waals surface area (Å²) in [6, 6.07) is 9.21. The fourth-order valence-corrected chi connectivity index (χ4v) is 1.54. The molecule has 0 aliphatic carbocycles. The lowest BCUT2D eigenvalue weighted by Gasteiger charge is -2.14. The standard InChI is InChI=1S/C15H18O4/c1-3-8-13(15(17)18-4-2)19-14(16)11-12-9-6-5-7-10-12/h3,5-7,9-10,13H,1,4,8,11H2,2H3. The molecule has 0 bridgehead atoms. The molecule has 4 nitrogen and oxygen atoms in total. The number of carbonyl (C=O) groups is 2. The van der Waals surface area contributed by atoms with Gasteiger partial charge in [0.2, 0.25) is 6.10 Å². The van der Waals surface area contributed by atoms with Crippen LogP contribution in [0.2, 0.25) is 0 Å². The van der Waals surface area contributed by atoms with Gasteiger partial charge in [-0.15, -0.1) is 6.58 Å². The van der Waals surface area contributed by atoms with Crippen LogP contribution in [0.15, 0.2) is 43.0 Å². The second kappa shape index (κ2) is 8.08. The van der Waals surface area contributed by atoms with Gasteiger partial charge in [0.25, 0.3) is 0 Å². The van der Waals surface area contributed by atoms with Crippen LogP contribution in [0.1, 0.15) is 18.9 Å². The fourth-order valence-electron chi connectivity index (χ4n) is 1.54. The van der Waals surface area contributed by atoms with Crippen molar-refractivity contribution in [2.24, 2.45) is 0 Å². The summed E-state index contributed by atoms with van der Waals surface area (Å²) in [5.41, 5.74) is 0.841. The molecule has 19 heavy (non-hydrogen) atoms. The van der Waals surface area contributed by atoms with Gasteiger partial charge in [-0.1, -0.05) is 36.4 Å². The van der Waals surface area contributed by atoms with E-state index in [0.29, 0.717) is 0 Å². The van der Waals surface area contributed by atoms with Crippen LogP contribution in [-0.2, 0) is 25.5 Å². The Kier molecular flexibility index (Phi) is 6.36. The first kappa shape index (κ1) is 15.0. The Balaban J connectivity index is 2.56. The Labute approximate surface area is 113 Å². The van der Waals surface area contributed by atoms with Crippen molar-refractivity contribution in [3.05, 3.63) is 48.6 Å². The third kappa shape index (κ3) is 5.38. The number of rotatable bonds is 7. The van der Waals surface area contributed by atoms with Gasteiger partial charge in [0.05, 0.1) is 13.0 Å². The molecule has 0 amide bonds. The van der Waals surface area contributed by atoms with Gasteiger partial charge >= 0.3 is 11.9 Å². The zero-order valence-corrected chi connectivity index (χ0v) is 11.0. The van der Waals surface area contributed by atoms with Crippen LogP contribution in [0.25, 0.3) is 0 Å². The van der Waals surface area contributed by atoms with Crippen molar-refractivity contribution in [1.29, 1.82) is 0 Å². The highest BCUT2D eigenvalue weighted by Crippen LogP contribution is 2.07. The largest absolute Gasteiger partial charge is 0.463 e. The average molecular weight is 262 g/mol. The normalized spacial score (nSPS) is 11.4. The van der Waals surface area contributed by atoms with Crippen molar-refractivity contribution >= 4 is 11.9 Å². The number of benzene rings is 1. The van der Waals surface area contributed by atoms with Gasteiger partial charge in [-0.2, -0.15) is 0 Å². The molecule has 102 valence electrons. The molecule has 0 radical (unpaired) electrons. The van der Waals surface area contributed by atoms with Crippen LogP contribution in [0.3, 0.4) is 0 Å². The first-order valence-corrected chi connectivity index (χ1v) is 6.18. The van der Waals surface area contributed by atoms with Gasteiger partial charge in [-0.3, -0.25) is 4.79 Å². The minimum atomic E-state index is -0.909. The minimum Gasteiger partial charge on any atom is -0.463 e. The van der Waals surface area contributed by atoms with Crippen LogP contribution in [0, 0.1) is 0 Å². The zero-order chi connectivity index (χ0) is 14.1. The van der Waals surface area contributed by atoms with Gasteiger partial charge < -0.3 is 9.47 Å². The van der Waals surface area contributed by atoms with Crippen molar-refractivity contribution in [3.63, 3.8) is 0 Å². The first-order chi connectivity index (χ1) is 9.17. The molecule has 0 aromatic heterocycles. The second-order valence-electron chi connectivity index (χ2n) is 3.92. The average Bonchev–Trinajstić information content (AvgIpc) is 2.39. The molecule has 0 aliphatic rings. The van der Waals surface area contributed by atoms with Gasteiger partial charge in [-0.05, 0) is 12.5 Å². The molecule has 1 rings (SSSR count). The quantitative estimate of drug-likeness (QED) is 0.559. The predicted octanol–water partition coefficient (Wildman–Crippen LogP) is 2.28. The molecule has 0 spiro atoms. The van der Waals surface area contributed by atoms with Crippen molar-refractivity contribution in [2.45, 2.75) is 25.9 Å². The molecule has 4 heteroatoms. The SMILES string of the molecule is C=CCC(OC(=O)Cc1ccccc1)C(=O)OCC. The van der Waals surface area contributed by atoms with E-state index in [0.717, 1.165) is 5.56 Å². The molecule has 0 N–H and O–H groups in total. The molecule has 0 saturated carbocycles. The first-order valence-electron chi connectivity index (χ1n) is 6.18. The Bertz CT molecular complexity index is 425. The van der Waals surface area contributed by atoms with E-state index in [9.17, 15) is 9.59 Å². The molecule has 0 saturated heterocycles. The Hall–Kier alpha value is -2.10. The third-order valence-electron chi connectivity index (χ3n) is 2.40. The maximum absolute atomic E-state index is 11.7.